The van der Waals surface area contributed by atoms with Crippen LogP contribution in [0.5, 0.6) is 0 Å². The summed E-state index contributed by atoms with van der Waals surface area (Å²) in [4.78, 5) is 17.1. The van der Waals surface area contributed by atoms with Crippen LogP contribution >= 0.6 is 11.6 Å². The van der Waals surface area contributed by atoms with Gasteiger partial charge in [0.15, 0.2) is 0 Å². The molecule has 0 aromatic heterocycles. The number of likely N-dealkylation sites (tertiary alicyclic amines) is 1. The molecule has 3 nitrogen and oxygen atoms in total. The molecule has 1 fully saturated rings. The number of carbonyl (C=O) groups excluding carboxylic acids is 1. The molecule has 1 heterocycles. The second kappa shape index (κ2) is 9.38. The highest BCUT2D eigenvalue weighted by atomic mass is 35.5. The molecule has 27 heavy (non-hydrogen) atoms. The number of hydrogen-bond donors (Lipinski definition) is 0. The van der Waals surface area contributed by atoms with Crippen molar-refractivity contribution in [2.24, 2.45) is 5.92 Å². The molecule has 1 aliphatic heterocycles. The Bertz CT molecular complexity index is 742. The largest absolute Gasteiger partial charge is 0.341 e. The summed E-state index contributed by atoms with van der Waals surface area (Å²) in [5.74, 6) is 0.664. The van der Waals surface area contributed by atoms with Crippen molar-refractivity contribution in [2.45, 2.75) is 26.2 Å². The van der Waals surface area contributed by atoms with Gasteiger partial charge in [0.1, 0.15) is 0 Å². The monoisotopic (exact) mass is 384 g/mol. The van der Waals surface area contributed by atoms with Crippen LogP contribution in [-0.2, 0) is 6.42 Å². The van der Waals surface area contributed by atoms with Gasteiger partial charge in [-0.25, -0.2) is 0 Å². The fourth-order valence-corrected chi connectivity index (χ4v) is 3.95. The van der Waals surface area contributed by atoms with Crippen molar-refractivity contribution in [1.29, 1.82) is 0 Å². The average Bonchev–Trinajstić information content (AvgIpc) is 2.68. The molecule has 1 atom stereocenters. The first-order valence-electron chi connectivity index (χ1n) is 9.80. The predicted molar refractivity (Wildman–Crippen MR) is 112 cm³/mol. The minimum atomic E-state index is 0.119. The molecule has 1 amide bonds. The first kappa shape index (κ1) is 19.9. The minimum absolute atomic E-state index is 0.119. The maximum absolute atomic E-state index is 12.7. The molecule has 3 rings (SSSR count). The van der Waals surface area contributed by atoms with Gasteiger partial charge in [-0.05, 0) is 68.5 Å². The lowest BCUT2D eigenvalue weighted by Crippen LogP contribution is -2.42. The Hall–Kier alpha value is -1.84. The highest BCUT2D eigenvalue weighted by Crippen LogP contribution is 2.19. The molecule has 1 aliphatic rings. The molecule has 0 N–H and O–H groups in total. The number of benzene rings is 2. The van der Waals surface area contributed by atoms with E-state index >= 15 is 0 Å². The topological polar surface area (TPSA) is 23.6 Å². The van der Waals surface area contributed by atoms with Crippen LogP contribution in [0.4, 0.5) is 0 Å². The van der Waals surface area contributed by atoms with Crippen LogP contribution in [-0.4, -0.2) is 48.9 Å². The highest BCUT2D eigenvalue weighted by molar-refractivity contribution is 6.30. The number of piperidine rings is 1. The molecule has 1 saturated heterocycles. The summed E-state index contributed by atoms with van der Waals surface area (Å²) in [5.41, 5.74) is 3.28. The van der Waals surface area contributed by atoms with E-state index in [1.165, 1.54) is 24.0 Å². The van der Waals surface area contributed by atoms with Crippen molar-refractivity contribution in [1.82, 2.24) is 9.80 Å². The van der Waals surface area contributed by atoms with Gasteiger partial charge >= 0.3 is 0 Å². The molecule has 0 unspecified atom stereocenters. The Morgan fingerprint density at radius 2 is 1.85 bits per heavy atom. The summed E-state index contributed by atoms with van der Waals surface area (Å²) in [6, 6.07) is 16.0. The van der Waals surface area contributed by atoms with E-state index in [1.807, 2.05) is 55.3 Å². The van der Waals surface area contributed by atoms with Crippen LogP contribution in [0.3, 0.4) is 0 Å². The van der Waals surface area contributed by atoms with Gasteiger partial charge in [0.25, 0.3) is 5.91 Å². The molecule has 2 aromatic carbocycles. The summed E-state index contributed by atoms with van der Waals surface area (Å²) in [5, 5.41) is 0.790. The third-order valence-corrected chi connectivity index (χ3v) is 5.66. The summed E-state index contributed by atoms with van der Waals surface area (Å²) in [6.07, 6.45) is 3.45. The van der Waals surface area contributed by atoms with Crippen LogP contribution in [0, 0.1) is 12.8 Å². The summed E-state index contributed by atoms with van der Waals surface area (Å²) in [6.45, 7) is 6.15. The number of halogens is 1. The number of nitrogens with zero attached hydrogens (tertiary/aromatic N) is 2. The maximum atomic E-state index is 12.7. The van der Waals surface area contributed by atoms with Gasteiger partial charge in [-0.3, -0.25) is 4.79 Å². The number of hydrogen-bond acceptors (Lipinski definition) is 2. The zero-order chi connectivity index (χ0) is 19.2. The molecule has 0 bridgehead atoms. The lowest BCUT2D eigenvalue weighted by molar-refractivity contribution is 0.0730. The number of amides is 1. The molecule has 144 valence electrons. The quantitative estimate of drug-likeness (QED) is 0.722. The Morgan fingerprint density at radius 1 is 1.15 bits per heavy atom. The zero-order valence-corrected chi connectivity index (χ0v) is 17.1. The molecule has 4 heteroatoms. The van der Waals surface area contributed by atoms with E-state index in [0.717, 1.165) is 43.2 Å². The van der Waals surface area contributed by atoms with Crippen LogP contribution < -0.4 is 0 Å². The third kappa shape index (κ3) is 5.82. The molecule has 0 aliphatic carbocycles. The van der Waals surface area contributed by atoms with Crippen LogP contribution in [0.25, 0.3) is 0 Å². The Labute approximate surface area is 167 Å². The normalized spacial score (nSPS) is 17.7. The summed E-state index contributed by atoms with van der Waals surface area (Å²) >= 11 is 5.96. The second-order valence-electron chi connectivity index (χ2n) is 7.74. The zero-order valence-electron chi connectivity index (χ0n) is 16.3. The molecule has 0 spiro atoms. The van der Waals surface area contributed by atoms with Crippen molar-refractivity contribution in [3.63, 3.8) is 0 Å². The average molecular weight is 385 g/mol. The number of rotatable bonds is 6. The van der Waals surface area contributed by atoms with Crippen LogP contribution in [0.2, 0.25) is 5.02 Å². The van der Waals surface area contributed by atoms with Gasteiger partial charge in [0.05, 0.1) is 0 Å². The SMILES string of the molecule is Cc1ccc(C(=O)N(C)C[C@@H]2CCCN(CCc3ccc(Cl)cc3)C2)cc1. The molecule has 2 aromatic rings. The lowest BCUT2D eigenvalue weighted by Gasteiger charge is -2.34. The van der Waals surface area contributed by atoms with Crippen molar-refractivity contribution >= 4 is 17.5 Å². The molecule has 0 radical (unpaired) electrons. The molecule has 0 saturated carbocycles. The molecular formula is C23H29ClN2O. The van der Waals surface area contributed by atoms with E-state index in [4.69, 9.17) is 11.6 Å². The van der Waals surface area contributed by atoms with Gasteiger partial charge in [-0.1, -0.05) is 41.4 Å². The van der Waals surface area contributed by atoms with E-state index in [2.05, 4.69) is 17.0 Å². The highest BCUT2D eigenvalue weighted by Gasteiger charge is 2.23. The van der Waals surface area contributed by atoms with Gasteiger partial charge < -0.3 is 9.80 Å². The van der Waals surface area contributed by atoms with Gasteiger partial charge in [0.2, 0.25) is 0 Å². The summed E-state index contributed by atoms with van der Waals surface area (Å²) < 4.78 is 0. The summed E-state index contributed by atoms with van der Waals surface area (Å²) in [7, 11) is 1.93. The predicted octanol–water partition coefficient (Wildman–Crippen LogP) is 4.68. The minimum Gasteiger partial charge on any atom is -0.341 e. The third-order valence-electron chi connectivity index (χ3n) is 5.41. The van der Waals surface area contributed by atoms with Crippen molar-refractivity contribution < 1.29 is 4.79 Å². The number of aryl methyl sites for hydroxylation is 1. The van der Waals surface area contributed by atoms with E-state index in [-0.39, 0.29) is 5.91 Å². The van der Waals surface area contributed by atoms with Gasteiger partial charge in [0, 0.05) is 37.3 Å². The van der Waals surface area contributed by atoms with Crippen molar-refractivity contribution in [3.8, 4) is 0 Å². The van der Waals surface area contributed by atoms with E-state index < -0.39 is 0 Å². The van der Waals surface area contributed by atoms with E-state index in [0.29, 0.717) is 5.92 Å². The Morgan fingerprint density at radius 3 is 2.56 bits per heavy atom. The first-order valence-corrected chi connectivity index (χ1v) is 10.2. The Kier molecular flexibility index (Phi) is 6.92. The smallest absolute Gasteiger partial charge is 0.253 e. The van der Waals surface area contributed by atoms with Gasteiger partial charge in [-0.2, -0.15) is 0 Å². The molecular weight excluding hydrogens is 356 g/mol. The lowest BCUT2D eigenvalue weighted by atomic mass is 9.96. The van der Waals surface area contributed by atoms with Crippen LogP contribution in [0.1, 0.15) is 34.3 Å². The maximum Gasteiger partial charge on any atom is 0.253 e. The second-order valence-corrected chi connectivity index (χ2v) is 8.17. The fourth-order valence-electron chi connectivity index (χ4n) is 3.83. The van der Waals surface area contributed by atoms with Crippen LogP contribution in [0.15, 0.2) is 48.5 Å². The van der Waals surface area contributed by atoms with E-state index in [1.54, 1.807) is 0 Å². The Balaban J connectivity index is 1.49. The van der Waals surface area contributed by atoms with Crippen molar-refractivity contribution in [2.75, 3.05) is 33.2 Å². The first-order chi connectivity index (χ1) is 13.0. The fraction of sp³-hybridized carbons (Fsp3) is 0.435. The van der Waals surface area contributed by atoms with Crippen molar-refractivity contribution in [3.05, 3.63) is 70.2 Å². The van der Waals surface area contributed by atoms with Gasteiger partial charge in [-0.15, -0.1) is 0 Å². The number of carbonyl (C=O) groups is 1. The van der Waals surface area contributed by atoms with E-state index in [9.17, 15) is 4.79 Å². The standard InChI is InChI=1S/C23H29ClN2O/c1-18-5-9-21(10-6-18)23(27)25(2)16-20-4-3-14-26(17-20)15-13-19-7-11-22(24)12-8-19/h5-12,20H,3-4,13-17H2,1-2H3/t20-/m0/s1.